The fourth-order valence-corrected chi connectivity index (χ4v) is 4.49. The summed E-state index contributed by atoms with van der Waals surface area (Å²) in [5, 5.41) is 3.90. The number of nitrogens with one attached hydrogen (secondary N) is 1. The van der Waals surface area contributed by atoms with Gasteiger partial charge in [0.15, 0.2) is 0 Å². The standard InChI is InChI=1S/C26H41NO2/c1-3-20-26(21-12-10-8-6-5-7-9-11-13-22-26)27-24-17-14-23(15-18-24)16-19-25(28)29-4-2/h3,14-15,17-18,27H,1,4-13,16,19-22H2,2H3. The molecule has 1 aromatic carbocycles. The summed E-state index contributed by atoms with van der Waals surface area (Å²) >= 11 is 0. The van der Waals surface area contributed by atoms with Gasteiger partial charge < -0.3 is 10.1 Å². The Balaban J connectivity index is 2.00. The van der Waals surface area contributed by atoms with Crippen LogP contribution < -0.4 is 5.32 Å². The Morgan fingerprint density at radius 1 is 1.00 bits per heavy atom. The van der Waals surface area contributed by atoms with Crippen molar-refractivity contribution in [1.29, 1.82) is 0 Å². The molecule has 0 aromatic heterocycles. The van der Waals surface area contributed by atoms with Crippen molar-refractivity contribution in [3.63, 3.8) is 0 Å². The first-order chi connectivity index (χ1) is 14.2. The fourth-order valence-electron chi connectivity index (χ4n) is 4.49. The van der Waals surface area contributed by atoms with Gasteiger partial charge >= 0.3 is 5.97 Å². The zero-order chi connectivity index (χ0) is 20.8. The van der Waals surface area contributed by atoms with E-state index in [2.05, 4.69) is 42.2 Å². The van der Waals surface area contributed by atoms with Gasteiger partial charge in [-0.05, 0) is 50.3 Å². The summed E-state index contributed by atoms with van der Waals surface area (Å²) in [6.07, 6.45) is 18.9. The maximum absolute atomic E-state index is 11.6. The third-order valence-electron chi connectivity index (χ3n) is 6.13. The molecule has 0 bridgehead atoms. The van der Waals surface area contributed by atoms with Gasteiger partial charge in [0.2, 0.25) is 0 Å². The topological polar surface area (TPSA) is 38.3 Å². The average Bonchev–Trinajstić information content (AvgIpc) is 2.71. The van der Waals surface area contributed by atoms with E-state index in [4.69, 9.17) is 4.74 Å². The van der Waals surface area contributed by atoms with Gasteiger partial charge in [-0.3, -0.25) is 4.79 Å². The zero-order valence-electron chi connectivity index (χ0n) is 18.5. The Labute approximate surface area is 178 Å². The van der Waals surface area contributed by atoms with Gasteiger partial charge in [0.1, 0.15) is 0 Å². The van der Waals surface area contributed by atoms with E-state index in [-0.39, 0.29) is 11.5 Å². The molecule has 0 atom stereocenters. The van der Waals surface area contributed by atoms with Crippen molar-refractivity contribution in [3.8, 4) is 0 Å². The van der Waals surface area contributed by atoms with E-state index in [1.54, 1.807) is 0 Å². The first-order valence-electron chi connectivity index (χ1n) is 11.8. The van der Waals surface area contributed by atoms with Gasteiger partial charge in [-0.1, -0.05) is 76.0 Å². The van der Waals surface area contributed by atoms with E-state index < -0.39 is 0 Å². The number of benzene rings is 1. The molecule has 0 spiro atoms. The van der Waals surface area contributed by atoms with E-state index in [0.717, 1.165) is 12.8 Å². The molecule has 0 heterocycles. The molecule has 0 aliphatic heterocycles. The molecular weight excluding hydrogens is 358 g/mol. The molecule has 0 unspecified atom stereocenters. The van der Waals surface area contributed by atoms with Crippen molar-refractivity contribution in [2.45, 2.75) is 102 Å². The molecule has 29 heavy (non-hydrogen) atoms. The lowest BCUT2D eigenvalue weighted by atomic mass is 9.82. The molecule has 1 aliphatic rings. The Morgan fingerprint density at radius 2 is 1.55 bits per heavy atom. The number of hydrogen-bond acceptors (Lipinski definition) is 3. The maximum atomic E-state index is 11.6. The fraction of sp³-hybridized carbons (Fsp3) is 0.654. The monoisotopic (exact) mass is 399 g/mol. The minimum atomic E-state index is -0.118. The highest BCUT2D eigenvalue weighted by Crippen LogP contribution is 2.32. The predicted octanol–water partition coefficient (Wildman–Crippen LogP) is 7.21. The van der Waals surface area contributed by atoms with Crippen LogP contribution in [0.4, 0.5) is 5.69 Å². The van der Waals surface area contributed by atoms with Crippen LogP contribution in [-0.4, -0.2) is 18.1 Å². The van der Waals surface area contributed by atoms with Crippen LogP contribution >= 0.6 is 0 Å². The number of esters is 1. The molecular formula is C26H41NO2. The Morgan fingerprint density at radius 3 is 2.07 bits per heavy atom. The van der Waals surface area contributed by atoms with Crippen LogP contribution in [0.25, 0.3) is 0 Å². The van der Waals surface area contributed by atoms with Crippen molar-refractivity contribution in [3.05, 3.63) is 42.5 Å². The molecule has 3 nitrogen and oxygen atoms in total. The summed E-state index contributed by atoms with van der Waals surface area (Å²) in [5.74, 6) is -0.118. The molecule has 1 aromatic rings. The third-order valence-corrected chi connectivity index (χ3v) is 6.13. The van der Waals surface area contributed by atoms with Crippen LogP contribution in [0.3, 0.4) is 0 Å². The second-order valence-electron chi connectivity index (χ2n) is 8.58. The van der Waals surface area contributed by atoms with Gasteiger partial charge in [-0.25, -0.2) is 0 Å². The van der Waals surface area contributed by atoms with E-state index in [1.165, 1.54) is 81.9 Å². The summed E-state index contributed by atoms with van der Waals surface area (Å²) in [5.41, 5.74) is 2.48. The molecule has 3 heteroatoms. The summed E-state index contributed by atoms with van der Waals surface area (Å²) < 4.78 is 5.03. The van der Waals surface area contributed by atoms with Crippen molar-refractivity contribution >= 4 is 11.7 Å². The quantitative estimate of drug-likeness (QED) is 0.370. The first kappa shape index (κ1) is 23.5. The first-order valence-corrected chi connectivity index (χ1v) is 11.8. The van der Waals surface area contributed by atoms with Gasteiger partial charge in [-0.15, -0.1) is 6.58 Å². The van der Waals surface area contributed by atoms with E-state index >= 15 is 0 Å². The largest absolute Gasteiger partial charge is 0.466 e. The average molecular weight is 400 g/mol. The minimum absolute atomic E-state index is 0.118. The van der Waals surface area contributed by atoms with Gasteiger partial charge in [0, 0.05) is 17.6 Å². The van der Waals surface area contributed by atoms with Gasteiger partial charge in [-0.2, -0.15) is 0 Å². The Kier molecular flexibility index (Phi) is 10.9. The number of anilines is 1. The highest BCUT2D eigenvalue weighted by molar-refractivity contribution is 5.69. The van der Waals surface area contributed by atoms with Crippen molar-refractivity contribution in [2.75, 3.05) is 11.9 Å². The SMILES string of the molecule is C=CCC1(Nc2ccc(CCC(=O)OCC)cc2)CCCCCCCCCCC1. The summed E-state index contributed by atoms with van der Waals surface area (Å²) in [7, 11) is 0. The number of carbonyl (C=O) groups is 1. The molecule has 0 radical (unpaired) electrons. The third kappa shape index (κ3) is 9.06. The lowest BCUT2D eigenvalue weighted by Crippen LogP contribution is -2.38. The Bertz CT molecular complexity index is 581. The van der Waals surface area contributed by atoms with Crippen LogP contribution in [-0.2, 0) is 16.0 Å². The smallest absolute Gasteiger partial charge is 0.306 e. The van der Waals surface area contributed by atoms with E-state index in [1.807, 2.05) is 6.92 Å². The minimum Gasteiger partial charge on any atom is -0.466 e. The molecule has 0 saturated heterocycles. The Hall–Kier alpha value is -1.77. The lowest BCUT2D eigenvalue weighted by molar-refractivity contribution is -0.143. The molecule has 2 rings (SSSR count). The molecule has 1 N–H and O–H groups in total. The van der Waals surface area contributed by atoms with Crippen LogP contribution in [0.15, 0.2) is 36.9 Å². The van der Waals surface area contributed by atoms with Crippen LogP contribution in [0.1, 0.15) is 96.0 Å². The highest BCUT2D eigenvalue weighted by atomic mass is 16.5. The number of hydrogen-bond donors (Lipinski definition) is 1. The number of ether oxygens (including phenoxy) is 1. The molecule has 1 aliphatic carbocycles. The number of aryl methyl sites for hydroxylation is 1. The molecule has 1 saturated carbocycles. The number of rotatable bonds is 8. The number of carbonyl (C=O) groups excluding carboxylic acids is 1. The van der Waals surface area contributed by atoms with E-state index in [0.29, 0.717) is 13.0 Å². The van der Waals surface area contributed by atoms with Gasteiger partial charge in [0.05, 0.1) is 6.61 Å². The second-order valence-corrected chi connectivity index (χ2v) is 8.58. The van der Waals surface area contributed by atoms with E-state index in [9.17, 15) is 4.79 Å². The van der Waals surface area contributed by atoms with Crippen LogP contribution in [0.5, 0.6) is 0 Å². The van der Waals surface area contributed by atoms with Crippen molar-refractivity contribution in [1.82, 2.24) is 0 Å². The molecule has 0 amide bonds. The van der Waals surface area contributed by atoms with Crippen LogP contribution in [0, 0.1) is 0 Å². The molecule has 162 valence electrons. The summed E-state index contributed by atoms with van der Waals surface area (Å²) in [6, 6.07) is 8.61. The predicted molar refractivity (Wildman–Crippen MR) is 123 cm³/mol. The van der Waals surface area contributed by atoms with Crippen LogP contribution in [0.2, 0.25) is 0 Å². The maximum Gasteiger partial charge on any atom is 0.306 e. The summed E-state index contributed by atoms with van der Waals surface area (Å²) in [6.45, 7) is 6.36. The normalized spacial score (nSPS) is 18.1. The highest BCUT2D eigenvalue weighted by Gasteiger charge is 2.27. The lowest BCUT2D eigenvalue weighted by Gasteiger charge is -2.36. The van der Waals surface area contributed by atoms with Gasteiger partial charge in [0.25, 0.3) is 0 Å². The second kappa shape index (κ2) is 13.5. The summed E-state index contributed by atoms with van der Waals surface area (Å²) in [4.78, 5) is 11.6. The van der Waals surface area contributed by atoms with Crippen molar-refractivity contribution < 1.29 is 9.53 Å². The molecule has 1 fully saturated rings. The zero-order valence-corrected chi connectivity index (χ0v) is 18.5. The van der Waals surface area contributed by atoms with Crippen molar-refractivity contribution in [2.24, 2.45) is 0 Å².